The molecule has 1 aliphatic heterocycles. The number of methoxy groups -OCH3 is 1. The van der Waals surface area contributed by atoms with Crippen LogP contribution < -0.4 is 10.1 Å². The van der Waals surface area contributed by atoms with Gasteiger partial charge in [-0.2, -0.15) is 0 Å². The van der Waals surface area contributed by atoms with Crippen molar-refractivity contribution in [2.24, 2.45) is 0 Å². The number of likely N-dealkylation sites (tertiary alicyclic amines) is 1. The lowest BCUT2D eigenvalue weighted by atomic mass is 10.1. The lowest BCUT2D eigenvalue weighted by Crippen LogP contribution is -2.38. The monoisotopic (exact) mass is 303 g/mol. The summed E-state index contributed by atoms with van der Waals surface area (Å²) in [5.41, 5.74) is 0. The molecular weight excluding hydrogens is 282 g/mol. The summed E-state index contributed by atoms with van der Waals surface area (Å²) in [6.07, 6.45) is 5.41. The molecule has 22 heavy (non-hydrogen) atoms. The van der Waals surface area contributed by atoms with Gasteiger partial charge in [-0.15, -0.1) is 0 Å². The van der Waals surface area contributed by atoms with Gasteiger partial charge < -0.3 is 14.5 Å². The van der Waals surface area contributed by atoms with Crippen molar-refractivity contribution in [2.75, 3.05) is 25.5 Å². The number of hydrogen-bond donors (Lipinski definition) is 1. The van der Waals surface area contributed by atoms with Gasteiger partial charge in [0.1, 0.15) is 17.9 Å². The molecule has 3 rings (SSSR count). The molecule has 0 bridgehead atoms. The van der Waals surface area contributed by atoms with Gasteiger partial charge in [0.25, 0.3) is 0 Å². The Morgan fingerprint density at radius 2 is 2.14 bits per heavy atom. The maximum Gasteiger partial charge on any atom is 0.218 e. The van der Waals surface area contributed by atoms with Gasteiger partial charge in [0.05, 0.1) is 19.9 Å². The van der Waals surface area contributed by atoms with Crippen LogP contribution in [-0.4, -0.2) is 46.1 Å². The molecule has 0 atom stereocenters. The minimum atomic E-state index is 0.419. The molecule has 1 fully saturated rings. The van der Waals surface area contributed by atoms with Gasteiger partial charge in [-0.25, -0.2) is 15.0 Å². The smallest absolute Gasteiger partial charge is 0.218 e. The summed E-state index contributed by atoms with van der Waals surface area (Å²) in [6.45, 7) is 4.73. The summed E-state index contributed by atoms with van der Waals surface area (Å²) >= 11 is 0. The Morgan fingerprint density at radius 3 is 2.82 bits per heavy atom. The summed E-state index contributed by atoms with van der Waals surface area (Å²) in [5.74, 6) is 3.05. The molecule has 3 heterocycles. The van der Waals surface area contributed by atoms with Crippen LogP contribution in [-0.2, 0) is 6.54 Å². The van der Waals surface area contributed by atoms with Crippen LogP contribution in [0.4, 0.5) is 5.82 Å². The second-order valence-electron chi connectivity index (χ2n) is 5.51. The van der Waals surface area contributed by atoms with Crippen LogP contribution in [0, 0.1) is 6.92 Å². The van der Waals surface area contributed by atoms with E-state index in [2.05, 4.69) is 25.2 Å². The van der Waals surface area contributed by atoms with Crippen LogP contribution in [0.5, 0.6) is 5.88 Å². The van der Waals surface area contributed by atoms with Gasteiger partial charge in [0, 0.05) is 25.2 Å². The number of hydrogen-bond acceptors (Lipinski definition) is 7. The second-order valence-corrected chi connectivity index (χ2v) is 5.51. The molecule has 118 valence electrons. The summed E-state index contributed by atoms with van der Waals surface area (Å²) in [6, 6.07) is 2.24. The Hall–Kier alpha value is -2.15. The average molecular weight is 303 g/mol. The molecule has 0 aromatic carbocycles. The Kier molecular flexibility index (Phi) is 4.53. The first kappa shape index (κ1) is 14.8. The number of piperidine rings is 1. The van der Waals surface area contributed by atoms with Crippen LogP contribution in [0.25, 0.3) is 0 Å². The van der Waals surface area contributed by atoms with E-state index in [1.54, 1.807) is 13.3 Å². The molecular formula is C15H21N5O2. The zero-order valence-corrected chi connectivity index (χ0v) is 13.0. The van der Waals surface area contributed by atoms with Gasteiger partial charge in [-0.1, -0.05) is 0 Å². The van der Waals surface area contributed by atoms with Crippen LogP contribution in [0.2, 0.25) is 0 Å². The van der Waals surface area contributed by atoms with Crippen molar-refractivity contribution < 1.29 is 9.15 Å². The molecule has 0 amide bonds. The number of nitrogens with zero attached hydrogens (tertiary/aromatic N) is 4. The average Bonchev–Trinajstić information content (AvgIpc) is 2.94. The van der Waals surface area contributed by atoms with Crippen molar-refractivity contribution in [3.8, 4) is 5.88 Å². The summed E-state index contributed by atoms with van der Waals surface area (Å²) in [7, 11) is 1.61. The zero-order valence-electron chi connectivity index (χ0n) is 13.0. The normalized spacial score (nSPS) is 16.6. The third kappa shape index (κ3) is 3.73. The molecule has 2 aromatic rings. The fraction of sp³-hybridized carbons (Fsp3) is 0.533. The van der Waals surface area contributed by atoms with Crippen molar-refractivity contribution in [3.63, 3.8) is 0 Å². The minimum Gasteiger partial charge on any atom is -0.481 e. The zero-order chi connectivity index (χ0) is 15.4. The molecule has 1 N–H and O–H groups in total. The highest BCUT2D eigenvalue weighted by Crippen LogP contribution is 2.18. The van der Waals surface area contributed by atoms with E-state index in [0.717, 1.165) is 49.9 Å². The van der Waals surface area contributed by atoms with Crippen LogP contribution in [0.1, 0.15) is 24.5 Å². The van der Waals surface area contributed by atoms with E-state index < -0.39 is 0 Å². The third-order valence-corrected chi connectivity index (χ3v) is 3.82. The molecule has 0 saturated carbocycles. The molecule has 7 nitrogen and oxygen atoms in total. The first-order valence-electron chi connectivity index (χ1n) is 7.49. The molecule has 0 spiro atoms. The van der Waals surface area contributed by atoms with Gasteiger partial charge in [-0.3, -0.25) is 4.90 Å². The predicted octanol–water partition coefficient (Wildman–Crippen LogP) is 1.86. The topological polar surface area (TPSA) is 76.3 Å². The number of rotatable bonds is 5. The first-order valence-corrected chi connectivity index (χ1v) is 7.49. The second kappa shape index (κ2) is 6.74. The number of nitrogens with one attached hydrogen (secondary N) is 1. The number of anilines is 1. The summed E-state index contributed by atoms with van der Waals surface area (Å²) < 4.78 is 10.6. The third-order valence-electron chi connectivity index (χ3n) is 3.82. The lowest BCUT2D eigenvalue weighted by molar-refractivity contribution is 0.192. The Bertz CT molecular complexity index is 607. The highest BCUT2D eigenvalue weighted by molar-refractivity contribution is 5.38. The molecule has 0 unspecified atom stereocenters. The number of ether oxygens (including phenoxy) is 1. The van der Waals surface area contributed by atoms with Gasteiger partial charge >= 0.3 is 0 Å². The number of aromatic nitrogens is 3. The highest BCUT2D eigenvalue weighted by atomic mass is 16.5. The van der Waals surface area contributed by atoms with Crippen molar-refractivity contribution >= 4 is 5.82 Å². The van der Waals surface area contributed by atoms with Crippen molar-refractivity contribution in [1.82, 2.24) is 19.9 Å². The fourth-order valence-electron chi connectivity index (χ4n) is 2.64. The Morgan fingerprint density at radius 1 is 1.32 bits per heavy atom. The van der Waals surface area contributed by atoms with Crippen LogP contribution in [0.3, 0.4) is 0 Å². The predicted molar refractivity (Wildman–Crippen MR) is 81.7 cm³/mol. The van der Waals surface area contributed by atoms with Crippen LogP contribution in [0.15, 0.2) is 23.0 Å². The van der Waals surface area contributed by atoms with E-state index in [-0.39, 0.29) is 0 Å². The molecule has 1 aliphatic rings. The van der Waals surface area contributed by atoms with E-state index in [4.69, 9.17) is 9.15 Å². The highest BCUT2D eigenvalue weighted by Gasteiger charge is 2.20. The number of aryl methyl sites for hydroxylation is 1. The van der Waals surface area contributed by atoms with Crippen molar-refractivity contribution in [3.05, 3.63) is 30.2 Å². The first-order chi connectivity index (χ1) is 10.7. The number of oxazole rings is 1. The molecule has 2 aromatic heterocycles. The summed E-state index contributed by atoms with van der Waals surface area (Å²) in [5, 5.41) is 3.45. The summed E-state index contributed by atoms with van der Waals surface area (Å²) in [4.78, 5) is 14.9. The maximum absolute atomic E-state index is 5.54. The molecule has 7 heteroatoms. The SMILES string of the molecule is COc1cc(NC2CCN(Cc3ncc(C)o3)CC2)ncn1. The van der Waals surface area contributed by atoms with E-state index in [9.17, 15) is 0 Å². The fourth-order valence-corrected chi connectivity index (χ4v) is 2.64. The molecule has 1 saturated heterocycles. The van der Waals surface area contributed by atoms with E-state index in [0.29, 0.717) is 11.9 Å². The van der Waals surface area contributed by atoms with E-state index in [1.165, 1.54) is 6.33 Å². The Labute approximate surface area is 129 Å². The van der Waals surface area contributed by atoms with Crippen molar-refractivity contribution in [1.29, 1.82) is 0 Å². The largest absolute Gasteiger partial charge is 0.481 e. The Balaban J connectivity index is 1.49. The van der Waals surface area contributed by atoms with Crippen molar-refractivity contribution in [2.45, 2.75) is 32.4 Å². The minimum absolute atomic E-state index is 0.419. The van der Waals surface area contributed by atoms with Crippen LogP contribution >= 0.6 is 0 Å². The van der Waals surface area contributed by atoms with Gasteiger partial charge in [-0.05, 0) is 19.8 Å². The standard InChI is InChI=1S/C15H21N5O2/c1-11-8-16-15(22-11)9-20-5-3-12(4-6-20)19-13-7-14(21-2)18-10-17-13/h7-8,10,12H,3-6,9H2,1-2H3,(H,17,18,19). The quantitative estimate of drug-likeness (QED) is 0.903. The molecule has 0 radical (unpaired) electrons. The maximum atomic E-state index is 5.54. The van der Waals surface area contributed by atoms with E-state index >= 15 is 0 Å². The lowest BCUT2D eigenvalue weighted by Gasteiger charge is -2.31. The van der Waals surface area contributed by atoms with Gasteiger partial charge in [0.15, 0.2) is 0 Å². The molecule has 0 aliphatic carbocycles. The van der Waals surface area contributed by atoms with Gasteiger partial charge in [0.2, 0.25) is 11.8 Å². The van der Waals surface area contributed by atoms with E-state index in [1.807, 2.05) is 13.0 Å².